The molecule has 3 N–H and O–H groups in total. The molecule has 15 heavy (non-hydrogen) atoms. The molecular formula is C10H19ClN4. The van der Waals surface area contributed by atoms with Gasteiger partial charge in [0.1, 0.15) is 0 Å². The van der Waals surface area contributed by atoms with Gasteiger partial charge in [-0.05, 0) is 6.92 Å². The third-order valence-electron chi connectivity index (χ3n) is 2.54. The van der Waals surface area contributed by atoms with E-state index in [9.17, 15) is 0 Å². The SMILES string of the molecule is CN=C(C)C(Cl)=C(N)CN1CCNCC1. The summed E-state index contributed by atoms with van der Waals surface area (Å²) in [5, 5.41) is 3.89. The number of allylic oxidation sites excluding steroid dienone is 1. The van der Waals surface area contributed by atoms with Crippen LogP contribution in [0.25, 0.3) is 0 Å². The molecule has 1 rings (SSSR count). The highest BCUT2D eigenvalue weighted by Crippen LogP contribution is 2.09. The zero-order chi connectivity index (χ0) is 11.3. The Balaban J connectivity index is 2.56. The number of nitrogens with zero attached hydrogens (tertiary/aromatic N) is 2. The highest BCUT2D eigenvalue weighted by molar-refractivity contribution is 6.43. The predicted octanol–water partition coefficient (Wildman–Crippen LogP) is 0.391. The van der Waals surface area contributed by atoms with Crippen LogP contribution in [0.2, 0.25) is 0 Å². The summed E-state index contributed by atoms with van der Waals surface area (Å²) in [6, 6.07) is 0. The Morgan fingerprint density at radius 3 is 2.60 bits per heavy atom. The molecule has 1 heterocycles. The van der Waals surface area contributed by atoms with Crippen LogP contribution < -0.4 is 11.1 Å². The van der Waals surface area contributed by atoms with E-state index in [1.54, 1.807) is 7.05 Å². The van der Waals surface area contributed by atoms with Crippen molar-refractivity contribution in [3.63, 3.8) is 0 Å². The molecule has 0 saturated carbocycles. The van der Waals surface area contributed by atoms with E-state index < -0.39 is 0 Å². The number of nitrogens with two attached hydrogens (primary N) is 1. The first-order chi connectivity index (χ1) is 7.15. The highest BCUT2D eigenvalue weighted by atomic mass is 35.5. The molecule has 0 aromatic carbocycles. The van der Waals surface area contributed by atoms with Crippen molar-refractivity contribution in [3.8, 4) is 0 Å². The van der Waals surface area contributed by atoms with Gasteiger partial charge >= 0.3 is 0 Å². The van der Waals surface area contributed by atoms with Crippen molar-refractivity contribution in [3.05, 3.63) is 10.7 Å². The molecule has 4 nitrogen and oxygen atoms in total. The first-order valence-electron chi connectivity index (χ1n) is 5.16. The number of rotatable bonds is 3. The largest absolute Gasteiger partial charge is 0.400 e. The Morgan fingerprint density at radius 1 is 1.47 bits per heavy atom. The van der Waals surface area contributed by atoms with Crippen LogP contribution in [-0.4, -0.2) is 50.4 Å². The summed E-state index contributed by atoms with van der Waals surface area (Å²) in [6.07, 6.45) is 0. The first-order valence-corrected chi connectivity index (χ1v) is 5.54. The van der Waals surface area contributed by atoms with Gasteiger partial charge in [0, 0.05) is 45.5 Å². The fourth-order valence-corrected chi connectivity index (χ4v) is 1.65. The summed E-state index contributed by atoms with van der Waals surface area (Å²) >= 11 is 6.08. The maximum absolute atomic E-state index is 6.08. The predicted molar refractivity (Wildman–Crippen MR) is 65.4 cm³/mol. The zero-order valence-corrected chi connectivity index (χ0v) is 10.1. The second-order valence-electron chi connectivity index (χ2n) is 3.67. The molecule has 0 atom stereocenters. The van der Waals surface area contributed by atoms with Gasteiger partial charge in [-0.1, -0.05) is 11.6 Å². The van der Waals surface area contributed by atoms with Gasteiger partial charge in [-0.15, -0.1) is 0 Å². The number of aliphatic imine (C=N–C) groups is 1. The Morgan fingerprint density at radius 2 is 2.07 bits per heavy atom. The molecule has 0 bridgehead atoms. The van der Waals surface area contributed by atoms with E-state index in [2.05, 4.69) is 15.2 Å². The van der Waals surface area contributed by atoms with E-state index in [4.69, 9.17) is 17.3 Å². The Hall–Kier alpha value is -0.580. The topological polar surface area (TPSA) is 53.6 Å². The van der Waals surface area contributed by atoms with Crippen molar-refractivity contribution in [2.45, 2.75) is 6.92 Å². The molecular weight excluding hydrogens is 212 g/mol. The fraction of sp³-hybridized carbons (Fsp3) is 0.700. The summed E-state index contributed by atoms with van der Waals surface area (Å²) in [6.45, 7) is 6.68. The summed E-state index contributed by atoms with van der Waals surface area (Å²) in [5.74, 6) is 0. The maximum Gasteiger partial charge on any atom is 0.0813 e. The number of hydrogen-bond acceptors (Lipinski definition) is 4. The second kappa shape index (κ2) is 6.10. The van der Waals surface area contributed by atoms with Gasteiger partial charge in [0.25, 0.3) is 0 Å². The molecule has 0 unspecified atom stereocenters. The smallest absolute Gasteiger partial charge is 0.0813 e. The average Bonchev–Trinajstić information content (AvgIpc) is 2.28. The Bertz CT molecular complexity index is 267. The van der Waals surface area contributed by atoms with E-state index in [1.807, 2.05) is 6.92 Å². The lowest BCUT2D eigenvalue weighted by atomic mass is 10.2. The van der Waals surface area contributed by atoms with Crippen LogP contribution in [0, 0.1) is 0 Å². The Labute approximate surface area is 96.2 Å². The molecule has 1 aliphatic rings. The zero-order valence-electron chi connectivity index (χ0n) is 9.39. The third-order valence-corrected chi connectivity index (χ3v) is 3.05. The normalized spacial score (nSPS) is 21.4. The van der Waals surface area contributed by atoms with Crippen LogP contribution in [0.4, 0.5) is 0 Å². The summed E-state index contributed by atoms with van der Waals surface area (Å²) in [4.78, 5) is 6.31. The van der Waals surface area contributed by atoms with Gasteiger partial charge in [-0.25, -0.2) is 0 Å². The number of piperazine rings is 1. The standard InChI is InChI=1S/C10H19ClN4/c1-8(13-2)10(11)9(12)7-15-5-3-14-4-6-15/h14H,3-7,12H2,1-2H3. The minimum Gasteiger partial charge on any atom is -0.400 e. The second-order valence-corrected chi connectivity index (χ2v) is 4.05. The molecule has 86 valence electrons. The van der Waals surface area contributed by atoms with Crippen molar-refractivity contribution in [2.24, 2.45) is 10.7 Å². The van der Waals surface area contributed by atoms with Crippen LogP contribution in [0.15, 0.2) is 15.7 Å². The molecule has 0 aliphatic carbocycles. The Kier molecular flexibility index (Phi) is 5.08. The molecule has 0 aromatic rings. The fourth-order valence-electron chi connectivity index (χ4n) is 1.51. The van der Waals surface area contributed by atoms with Crippen LogP contribution in [0.3, 0.4) is 0 Å². The lowest BCUT2D eigenvalue weighted by molar-refractivity contribution is 0.259. The van der Waals surface area contributed by atoms with Gasteiger partial charge in [0.15, 0.2) is 0 Å². The summed E-state index contributed by atoms with van der Waals surface area (Å²) in [7, 11) is 1.72. The third kappa shape index (κ3) is 3.81. The average molecular weight is 231 g/mol. The molecule has 5 heteroatoms. The van der Waals surface area contributed by atoms with Crippen molar-refractivity contribution in [2.75, 3.05) is 39.8 Å². The number of hydrogen-bond donors (Lipinski definition) is 2. The van der Waals surface area contributed by atoms with Crippen LogP contribution in [0.5, 0.6) is 0 Å². The van der Waals surface area contributed by atoms with Crippen molar-refractivity contribution < 1.29 is 0 Å². The van der Waals surface area contributed by atoms with Crippen molar-refractivity contribution in [1.29, 1.82) is 0 Å². The molecule has 1 fully saturated rings. The van der Waals surface area contributed by atoms with Gasteiger partial charge < -0.3 is 11.1 Å². The first kappa shape index (κ1) is 12.5. The van der Waals surface area contributed by atoms with Crippen LogP contribution in [0.1, 0.15) is 6.92 Å². The number of halogens is 1. The lowest BCUT2D eigenvalue weighted by Crippen LogP contribution is -2.44. The van der Waals surface area contributed by atoms with Gasteiger partial charge in [0.05, 0.1) is 10.7 Å². The van der Waals surface area contributed by atoms with Crippen molar-refractivity contribution >= 4 is 17.3 Å². The molecule has 0 radical (unpaired) electrons. The van der Waals surface area contributed by atoms with Crippen LogP contribution in [-0.2, 0) is 0 Å². The van der Waals surface area contributed by atoms with E-state index in [-0.39, 0.29) is 0 Å². The molecule has 1 saturated heterocycles. The summed E-state index contributed by atoms with van der Waals surface area (Å²) < 4.78 is 0. The van der Waals surface area contributed by atoms with Gasteiger partial charge in [-0.3, -0.25) is 9.89 Å². The quantitative estimate of drug-likeness (QED) is 0.690. The van der Waals surface area contributed by atoms with E-state index in [0.29, 0.717) is 10.7 Å². The minimum atomic E-state index is 0.594. The van der Waals surface area contributed by atoms with E-state index in [1.165, 1.54) is 0 Å². The molecule has 0 amide bonds. The summed E-state index contributed by atoms with van der Waals surface area (Å²) in [5.41, 5.74) is 7.43. The minimum absolute atomic E-state index is 0.594. The number of nitrogens with one attached hydrogen (secondary N) is 1. The van der Waals surface area contributed by atoms with Gasteiger partial charge in [-0.2, -0.15) is 0 Å². The maximum atomic E-state index is 6.08. The molecule has 1 aliphatic heterocycles. The van der Waals surface area contributed by atoms with E-state index in [0.717, 1.165) is 38.4 Å². The van der Waals surface area contributed by atoms with Crippen molar-refractivity contribution in [1.82, 2.24) is 10.2 Å². The molecule has 0 spiro atoms. The molecule has 0 aromatic heterocycles. The van der Waals surface area contributed by atoms with E-state index >= 15 is 0 Å². The van der Waals surface area contributed by atoms with Crippen LogP contribution >= 0.6 is 11.6 Å². The lowest BCUT2D eigenvalue weighted by Gasteiger charge is -2.27. The highest BCUT2D eigenvalue weighted by Gasteiger charge is 2.12. The van der Waals surface area contributed by atoms with Gasteiger partial charge in [0.2, 0.25) is 0 Å². The monoisotopic (exact) mass is 230 g/mol.